The Bertz CT molecular complexity index is 1550. The predicted octanol–water partition coefficient (Wildman–Crippen LogP) is 9.62. The number of ketones is 1. The number of pyridine rings is 1. The summed E-state index contributed by atoms with van der Waals surface area (Å²) < 4.78 is 1.51. The average Bonchev–Trinajstić information content (AvgIpc) is 2.86. The fraction of sp³-hybridized carbons (Fsp3) is 0.351. The number of nitrogens with zero attached hydrogens (tertiary/aromatic N) is 1. The number of aliphatic hydroxyl groups excluding tert-OH is 1. The van der Waals surface area contributed by atoms with Crippen LogP contribution in [0.4, 0.5) is 0 Å². The first-order chi connectivity index (χ1) is 18.9. The van der Waals surface area contributed by atoms with Crippen LogP contribution in [0.15, 0.2) is 78.6 Å². The minimum Gasteiger partial charge on any atom is 0 e. The van der Waals surface area contributed by atoms with Crippen LogP contribution < -0.4 is 4.40 Å². The third-order valence-corrected chi connectivity index (χ3v) is 11.2. The average molecular weight is 802 g/mol. The van der Waals surface area contributed by atoms with E-state index in [1.807, 2.05) is 41.5 Å². The van der Waals surface area contributed by atoms with E-state index in [1.54, 1.807) is 0 Å². The molecule has 1 radical (unpaired) electrons. The van der Waals surface area contributed by atoms with Crippen LogP contribution >= 0.6 is 0 Å². The van der Waals surface area contributed by atoms with E-state index in [2.05, 4.69) is 104 Å². The topological polar surface area (TPSA) is 50.2 Å². The first-order valence-electron chi connectivity index (χ1n) is 14.3. The Labute approximate surface area is 269 Å². The summed E-state index contributed by atoms with van der Waals surface area (Å²) in [6.45, 7) is 15.3. The molecule has 1 aromatic heterocycles. The van der Waals surface area contributed by atoms with Gasteiger partial charge >= 0.3 is 171 Å². The van der Waals surface area contributed by atoms with E-state index in [0.717, 1.165) is 22.3 Å². The van der Waals surface area contributed by atoms with Crippen LogP contribution in [-0.4, -0.2) is 29.1 Å². The molecule has 0 aliphatic heterocycles. The van der Waals surface area contributed by atoms with E-state index in [0.29, 0.717) is 0 Å². The molecule has 0 fully saturated rings. The van der Waals surface area contributed by atoms with Crippen molar-refractivity contribution in [1.82, 2.24) is 4.98 Å². The number of fused-ring (bicyclic) bond motifs is 1. The Balaban J connectivity index is 0.000000377. The van der Waals surface area contributed by atoms with Crippen LogP contribution in [-0.2, 0) is 24.9 Å². The van der Waals surface area contributed by atoms with Gasteiger partial charge in [0.1, 0.15) is 5.76 Å². The molecule has 225 valence electrons. The standard InChI is InChI=1S/C26H26GeN.C11H20O2.Ir/c1-18-13-19(2)15-21(14-18)26-17-23(20-9-7-6-8-10-20)24-16-22(27(3,4)5)11-12-25(24)28-26;1-10(2,3)8(12)7-9(13)11(4,5)6;/h6-14,16-17H,1-5H3;7,12H,1-6H3;/q-1;;/b;8-7-;. The number of aromatic nitrogens is 1. The van der Waals surface area contributed by atoms with Gasteiger partial charge in [0.25, 0.3) is 0 Å². The Morgan fingerprint density at radius 3 is 2.00 bits per heavy atom. The Morgan fingerprint density at radius 2 is 1.48 bits per heavy atom. The molecule has 3 aromatic carbocycles. The van der Waals surface area contributed by atoms with Crippen LogP contribution in [0.25, 0.3) is 33.3 Å². The van der Waals surface area contributed by atoms with E-state index >= 15 is 0 Å². The number of benzene rings is 3. The van der Waals surface area contributed by atoms with Crippen molar-refractivity contribution < 1.29 is 30.0 Å². The zero-order chi connectivity index (χ0) is 30.8. The Hall–Kier alpha value is -2.53. The molecule has 0 aliphatic rings. The largest absolute Gasteiger partial charge is 0 e. The molecule has 0 unspecified atom stereocenters. The summed E-state index contributed by atoms with van der Waals surface area (Å²) in [6.07, 6.45) is 1.33. The second-order valence-electron chi connectivity index (χ2n) is 14.1. The number of aliphatic hydroxyl groups is 1. The molecule has 0 bridgehead atoms. The second-order valence-corrected chi connectivity index (χ2v) is 24.7. The maximum atomic E-state index is 11.5. The number of aryl methyl sites for hydroxylation is 2. The maximum Gasteiger partial charge on any atom is 0 e. The molecule has 0 atom stereocenters. The molecular formula is C37H46GeIrNO2-. The number of allylic oxidation sites excluding steroid dienone is 2. The van der Waals surface area contributed by atoms with Gasteiger partial charge in [-0.05, 0) is 0 Å². The van der Waals surface area contributed by atoms with Crippen LogP contribution in [0.1, 0.15) is 52.7 Å². The summed E-state index contributed by atoms with van der Waals surface area (Å²) >= 11 is -1.93. The van der Waals surface area contributed by atoms with Crippen LogP contribution in [0.3, 0.4) is 0 Å². The molecule has 0 aliphatic carbocycles. The Morgan fingerprint density at radius 1 is 0.857 bits per heavy atom. The summed E-state index contributed by atoms with van der Waals surface area (Å²) in [5.74, 6) is 7.42. The summed E-state index contributed by atoms with van der Waals surface area (Å²) in [5, 5.41) is 10.8. The van der Waals surface area contributed by atoms with Crippen LogP contribution in [0.2, 0.25) is 17.3 Å². The van der Waals surface area contributed by atoms with E-state index < -0.39 is 18.7 Å². The van der Waals surface area contributed by atoms with Gasteiger partial charge in [-0.25, -0.2) is 0 Å². The number of carbonyl (C=O) groups excluding carboxylic acids is 1. The van der Waals surface area contributed by atoms with Crippen molar-refractivity contribution >= 4 is 34.3 Å². The molecule has 4 aromatic rings. The zero-order valence-electron chi connectivity index (χ0n) is 27.1. The van der Waals surface area contributed by atoms with E-state index in [-0.39, 0.29) is 37.1 Å². The summed E-state index contributed by atoms with van der Waals surface area (Å²) in [7, 11) is 0. The first kappa shape index (κ1) is 35.7. The molecular weight excluding hydrogens is 755 g/mol. The number of hydrogen-bond acceptors (Lipinski definition) is 3. The molecule has 42 heavy (non-hydrogen) atoms. The number of carbonyl (C=O) groups is 1. The van der Waals surface area contributed by atoms with Gasteiger partial charge in [-0.3, -0.25) is 4.79 Å². The minimum atomic E-state index is -1.93. The first-order valence-corrected chi connectivity index (χ1v) is 21.7. The van der Waals surface area contributed by atoms with Gasteiger partial charge in [-0.1, -0.05) is 41.5 Å². The SMILES string of the molecule is CC(C)(C)C(=O)/C=C(\O)C(C)(C)C.Cc1[c-]c(-c2cc(-c3ccccc3)c3c[c]([Ge]([CH3])([CH3])[CH3])ccc3n2)cc(C)c1.[Ir]. The molecule has 3 nitrogen and oxygen atoms in total. The molecule has 0 amide bonds. The molecule has 1 N–H and O–H groups in total. The molecule has 0 saturated heterocycles. The molecule has 0 spiro atoms. The molecule has 5 heteroatoms. The van der Waals surface area contributed by atoms with Gasteiger partial charge in [0.15, 0.2) is 5.78 Å². The van der Waals surface area contributed by atoms with Crippen molar-refractivity contribution in [3.63, 3.8) is 0 Å². The molecule has 4 rings (SSSR count). The monoisotopic (exact) mass is 803 g/mol. The predicted molar refractivity (Wildman–Crippen MR) is 179 cm³/mol. The van der Waals surface area contributed by atoms with Gasteiger partial charge in [-0.15, -0.1) is 0 Å². The van der Waals surface area contributed by atoms with Crippen molar-refractivity contribution in [1.29, 1.82) is 0 Å². The van der Waals surface area contributed by atoms with E-state index in [1.165, 1.54) is 32.5 Å². The van der Waals surface area contributed by atoms with E-state index in [4.69, 9.17) is 4.98 Å². The van der Waals surface area contributed by atoms with Crippen molar-refractivity contribution in [2.24, 2.45) is 10.8 Å². The molecule has 1 heterocycles. The van der Waals surface area contributed by atoms with Crippen molar-refractivity contribution in [3.05, 3.63) is 95.8 Å². The third kappa shape index (κ3) is 9.49. The quantitative estimate of drug-likeness (QED) is 0.0969. The van der Waals surface area contributed by atoms with Gasteiger partial charge in [0.2, 0.25) is 0 Å². The zero-order valence-corrected chi connectivity index (χ0v) is 31.6. The van der Waals surface area contributed by atoms with Crippen LogP contribution in [0, 0.1) is 30.7 Å². The van der Waals surface area contributed by atoms with Gasteiger partial charge in [0.05, 0.1) is 0 Å². The second kappa shape index (κ2) is 13.8. The van der Waals surface area contributed by atoms with Gasteiger partial charge in [-0.2, -0.15) is 0 Å². The fourth-order valence-electron chi connectivity index (χ4n) is 4.28. The maximum absolute atomic E-state index is 11.5. The summed E-state index contributed by atoms with van der Waals surface area (Å²) in [6, 6.07) is 27.6. The van der Waals surface area contributed by atoms with E-state index in [9.17, 15) is 9.90 Å². The van der Waals surface area contributed by atoms with Crippen molar-refractivity contribution in [2.45, 2.75) is 72.7 Å². The minimum absolute atomic E-state index is 0. The summed E-state index contributed by atoms with van der Waals surface area (Å²) in [4.78, 5) is 16.5. The summed E-state index contributed by atoms with van der Waals surface area (Å²) in [5.41, 5.74) is 7.22. The number of rotatable bonds is 4. The number of hydrogen-bond donors (Lipinski definition) is 1. The van der Waals surface area contributed by atoms with Crippen molar-refractivity contribution in [3.8, 4) is 22.4 Å². The third-order valence-electron chi connectivity index (χ3n) is 6.96. The molecule has 0 saturated carbocycles. The van der Waals surface area contributed by atoms with Gasteiger partial charge < -0.3 is 5.11 Å². The fourth-order valence-corrected chi connectivity index (χ4v) is 6.71. The van der Waals surface area contributed by atoms with Crippen LogP contribution in [0.5, 0.6) is 0 Å². The Kier molecular flexibility index (Phi) is 11.8. The smallest absolute Gasteiger partial charge is 0 e. The van der Waals surface area contributed by atoms with Crippen molar-refractivity contribution in [2.75, 3.05) is 0 Å². The normalized spacial score (nSPS) is 12.3. The van der Waals surface area contributed by atoms with Gasteiger partial charge in [0, 0.05) is 37.0 Å².